The van der Waals surface area contributed by atoms with Crippen molar-refractivity contribution >= 4 is 11.6 Å². The van der Waals surface area contributed by atoms with Crippen molar-refractivity contribution in [2.45, 2.75) is 6.54 Å². The highest BCUT2D eigenvalue weighted by molar-refractivity contribution is 5.94. The molecular formula is C15H11N3O3. The molecule has 0 unspecified atom stereocenters. The van der Waals surface area contributed by atoms with Crippen molar-refractivity contribution in [2.24, 2.45) is 0 Å². The van der Waals surface area contributed by atoms with Crippen molar-refractivity contribution in [3.63, 3.8) is 0 Å². The number of hydrogen-bond donors (Lipinski definition) is 1. The van der Waals surface area contributed by atoms with Crippen LogP contribution in [-0.2, 0) is 6.54 Å². The van der Waals surface area contributed by atoms with Gasteiger partial charge in [0.2, 0.25) is 0 Å². The van der Waals surface area contributed by atoms with E-state index in [2.05, 4.69) is 5.32 Å². The van der Waals surface area contributed by atoms with Gasteiger partial charge in [0.15, 0.2) is 0 Å². The molecule has 0 radical (unpaired) electrons. The molecule has 0 aromatic heterocycles. The van der Waals surface area contributed by atoms with E-state index in [0.717, 1.165) is 5.56 Å². The molecule has 0 saturated heterocycles. The lowest BCUT2D eigenvalue weighted by Crippen LogP contribution is -2.22. The van der Waals surface area contributed by atoms with Crippen LogP contribution < -0.4 is 5.32 Å². The Morgan fingerprint density at radius 3 is 2.71 bits per heavy atom. The Balaban J connectivity index is 2.06. The first-order valence-corrected chi connectivity index (χ1v) is 6.12. The molecule has 1 amide bonds. The second-order valence-corrected chi connectivity index (χ2v) is 4.30. The topological polar surface area (TPSA) is 96.0 Å². The van der Waals surface area contributed by atoms with Crippen LogP contribution in [0, 0.1) is 21.4 Å². The van der Waals surface area contributed by atoms with E-state index in [1.807, 2.05) is 6.07 Å². The highest BCUT2D eigenvalue weighted by Crippen LogP contribution is 2.13. The van der Waals surface area contributed by atoms with Crippen LogP contribution in [0.25, 0.3) is 0 Å². The Bertz CT molecular complexity index is 735. The Kier molecular flexibility index (Phi) is 4.26. The van der Waals surface area contributed by atoms with Crippen molar-refractivity contribution in [3.8, 4) is 6.07 Å². The summed E-state index contributed by atoms with van der Waals surface area (Å²) in [5, 5.41) is 22.1. The first-order valence-electron chi connectivity index (χ1n) is 6.12. The standard InChI is InChI=1S/C15H11N3O3/c16-9-11-3-1-4-12(7-11)10-17-15(19)13-5-2-6-14(8-13)18(20)21/h1-8H,10H2,(H,17,19). The number of nitrogens with one attached hydrogen (secondary N) is 1. The number of non-ortho nitro benzene ring substituents is 1. The number of benzene rings is 2. The summed E-state index contributed by atoms with van der Waals surface area (Å²) in [6, 6.07) is 14.4. The fourth-order valence-electron chi connectivity index (χ4n) is 1.80. The van der Waals surface area contributed by atoms with Gasteiger partial charge in [-0.2, -0.15) is 5.26 Å². The zero-order chi connectivity index (χ0) is 15.2. The molecule has 0 heterocycles. The number of hydrogen-bond acceptors (Lipinski definition) is 4. The number of rotatable bonds is 4. The lowest BCUT2D eigenvalue weighted by molar-refractivity contribution is -0.384. The Hall–Kier alpha value is -3.20. The van der Waals surface area contributed by atoms with Gasteiger partial charge in [-0.25, -0.2) is 0 Å². The average Bonchev–Trinajstić information content (AvgIpc) is 2.53. The molecule has 2 aromatic rings. The van der Waals surface area contributed by atoms with E-state index in [1.165, 1.54) is 24.3 Å². The van der Waals surface area contributed by atoms with Gasteiger partial charge in [0.05, 0.1) is 16.6 Å². The summed E-state index contributed by atoms with van der Waals surface area (Å²) in [6.45, 7) is 0.247. The minimum atomic E-state index is -0.548. The number of carbonyl (C=O) groups is 1. The zero-order valence-electron chi connectivity index (χ0n) is 10.9. The smallest absolute Gasteiger partial charge is 0.270 e. The molecule has 2 aromatic carbocycles. The molecule has 0 fully saturated rings. The molecule has 0 aliphatic carbocycles. The van der Waals surface area contributed by atoms with Crippen LogP contribution in [0.4, 0.5) is 5.69 Å². The molecule has 6 nitrogen and oxygen atoms in total. The van der Waals surface area contributed by atoms with Gasteiger partial charge >= 0.3 is 0 Å². The number of nitriles is 1. The number of nitro benzene ring substituents is 1. The quantitative estimate of drug-likeness (QED) is 0.687. The van der Waals surface area contributed by atoms with Crippen LogP contribution in [0.1, 0.15) is 21.5 Å². The van der Waals surface area contributed by atoms with Crippen LogP contribution in [-0.4, -0.2) is 10.8 Å². The number of amides is 1. The van der Waals surface area contributed by atoms with Gasteiger partial charge in [-0.05, 0) is 23.8 Å². The molecule has 2 rings (SSSR count). The maximum Gasteiger partial charge on any atom is 0.270 e. The van der Waals surface area contributed by atoms with Crippen LogP contribution in [0.3, 0.4) is 0 Å². The fourth-order valence-corrected chi connectivity index (χ4v) is 1.80. The van der Waals surface area contributed by atoms with E-state index in [1.54, 1.807) is 24.3 Å². The maximum atomic E-state index is 11.9. The monoisotopic (exact) mass is 281 g/mol. The van der Waals surface area contributed by atoms with Gasteiger partial charge in [0.1, 0.15) is 0 Å². The normalized spacial score (nSPS) is 9.67. The molecule has 104 valence electrons. The van der Waals surface area contributed by atoms with Crippen LogP contribution in [0.2, 0.25) is 0 Å². The third-order valence-corrected chi connectivity index (χ3v) is 2.83. The molecular weight excluding hydrogens is 270 g/mol. The van der Waals surface area contributed by atoms with E-state index in [0.29, 0.717) is 5.56 Å². The highest BCUT2D eigenvalue weighted by Gasteiger charge is 2.11. The summed E-state index contributed by atoms with van der Waals surface area (Å²) in [6.07, 6.45) is 0. The van der Waals surface area contributed by atoms with E-state index in [-0.39, 0.29) is 17.8 Å². The Morgan fingerprint density at radius 2 is 2.00 bits per heavy atom. The number of nitro groups is 1. The summed E-state index contributed by atoms with van der Waals surface area (Å²) < 4.78 is 0. The predicted octanol–water partition coefficient (Wildman–Crippen LogP) is 2.40. The van der Waals surface area contributed by atoms with Gasteiger partial charge in [-0.15, -0.1) is 0 Å². The molecule has 0 atom stereocenters. The van der Waals surface area contributed by atoms with Gasteiger partial charge in [-0.1, -0.05) is 18.2 Å². The summed E-state index contributed by atoms with van der Waals surface area (Å²) in [5.74, 6) is -0.402. The number of nitrogens with zero attached hydrogens (tertiary/aromatic N) is 2. The van der Waals surface area contributed by atoms with Gasteiger partial charge in [-0.3, -0.25) is 14.9 Å². The number of carbonyl (C=O) groups excluding carboxylic acids is 1. The lowest BCUT2D eigenvalue weighted by Gasteiger charge is -2.05. The Morgan fingerprint density at radius 1 is 1.24 bits per heavy atom. The van der Waals surface area contributed by atoms with E-state index in [9.17, 15) is 14.9 Å². The molecule has 0 saturated carbocycles. The first kappa shape index (κ1) is 14.2. The van der Waals surface area contributed by atoms with Crippen molar-refractivity contribution in [3.05, 3.63) is 75.3 Å². The van der Waals surface area contributed by atoms with Crippen molar-refractivity contribution in [1.82, 2.24) is 5.32 Å². The van der Waals surface area contributed by atoms with Crippen molar-refractivity contribution < 1.29 is 9.72 Å². The molecule has 0 spiro atoms. The van der Waals surface area contributed by atoms with E-state index < -0.39 is 10.8 Å². The van der Waals surface area contributed by atoms with Crippen molar-refractivity contribution in [1.29, 1.82) is 5.26 Å². The van der Waals surface area contributed by atoms with Gasteiger partial charge < -0.3 is 5.32 Å². The zero-order valence-corrected chi connectivity index (χ0v) is 10.9. The molecule has 0 bridgehead atoms. The van der Waals surface area contributed by atoms with Crippen LogP contribution >= 0.6 is 0 Å². The minimum absolute atomic E-state index is 0.130. The van der Waals surface area contributed by atoms with Crippen LogP contribution in [0.5, 0.6) is 0 Å². The largest absolute Gasteiger partial charge is 0.348 e. The first-order chi connectivity index (χ1) is 10.1. The molecule has 0 aliphatic heterocycles. The SMILES string of the molecule is N#Cc1cccc(CNC(=O)c2cccc([N+](=O)[O-])c2)c1. The molecule has 21 heavy (non-hydrogen) atoms. The summed E-state index contributed by atoms with van der Waals surface area (Å²) in [4.78, 5) is 22.1. The van der Waals surface area contributed by atoms with Crippen LogP contribution in [0.15, 0.2) is 48.5 Å². The minimum Gasteiger partial charge on any atom is -0.348 e. The fraction of sp³-hybridized carbons (Fsp3) is 0.0667. The molecule has 6 heteroatoms. The summed E-state index contributed by atoms with van der Waals surface area (Å²) in [5.41, 5.74) is 1.39. The van der Waals surface area contributed by atoms with Crippen molar-refractivity contribution in [2.75, 3.05) is 0 Å². The third kappa shape index (κ3) is 3.64. The second-order valence-electron chi connectivity index (χ2n) is 4.30. The summed E-state index contributed by atoms with van der Waals surface area (Å²) in [7, 11) is 0. The third-order valence-electron chi connectivity index (χ3n) is 2.83. The van der Waals surface area contributed by atoms with Gasteiger partial charge in [0.25, 0.3) is 11.6 Å². The summed E-state index contributed by atoms with van der Waals surface area (Å²) >= 11 is 0. The maximum absolute atomic E-state index is 11.9. The van der Waals surface area contributed by atoms with Gasteiger partial charge in [0, 0.05) is 24.2 Å². The lowest BCUT2D eigenvalue weighted by atomic mass is 10.1. The Labute approximate surface area is 120 Å². The molecule has 1 N–H and O–H groups in total. The van der Waals surface area contributed by atoms with E-state index in [4.69, 9.17) is 5.26 Å². The second kappa shape index (κ2) is 6.30. The highest BCUT2D eigenvalue weighted by atomic mass is 16.6. The van der Waals surface area contributed by atoms with E-state index >= 15 is 0 Å². The average molecular weight is 281 g/mol. The molecule has 0 aliphatic rings. The predicted molar refractivity (Wildman–Crippen MR) is 75.4 cm³/mol.